The Morgan fingerprint density at radius 3 is 2.82 bits per heavy atom. The fourth-order valence-corrected chi connectivity index (χ4v) is 3.80. The van der Waals surface area contributed by atoms with Crippen LogP contribution in [0.25, 0.3) is 5.70 Å². The number of imide groups is 1. The van der Waals surface area contributed by atoms with E-state index in [1.54, 1.807) is 0 Å². The maximum absolute atomic E-state index is 12.2. The first-order valence-corrected chi connectivity index (χ1v) is 9.56. The zero-order chi connectivity index (χ0) is 20.3. The van der Waals surface area contributed by atoms with Crippen molar-refractivity contribution >= 4 is 23.9 Å². The van der Waals surface area contributed by atoms with E-state index in [1.807, 2.05) is 25.1 Å². The Morgan fingerprint density at radius 2 is 2.18 bits per heavy atom. The highest BCUT2D eigenvalue weighted by Crippen LogP contribution is 2.27. The van der Waals surface area contributed by atoms with Crippen LogP contribution in [0.3, 0.4) is 0 Å². The summed E-state index contributed by atoms with van der Waals surface area (Å²) in [4.78, 5) is 38.9. The highest BCUT2D eigenvalue weighted by molar-refractivity contribution is 6.01. The Bertz CT molecular complexity index is 792. The smallest absolute Gasteiger partial charge is 0.249 e. The van der Waals surface area contributed by atoms with Gasteiger partial charge in [0.25, 0.3) is 0 Å². The second-order valence-corrected chi connectivity index (χ2v) is 7.50. The molecule has 7 nitrogen and oxygen atoms in total. The molecule has 2 aliphatic rings. The van der Waals surface area contributed by atoms with Gasteiger partial charge >= 0.3 is 0 Å². The van der Waals surface area contributed by atoms with Crippen molar-refractivity contribution in [3.63, 3.8) is 0 Å². The fourth-order valence-electron chi connectivity index (χ4n) is 3.80. The highest BCUT2D eigenvalue weighted by Gasteiger charge is 2.33. The third kappa shape index (κ3) is 4.31. The van der Waals surface area contributed by atoms with Crippen LogP contribution in [0, 0.1) is 6.92 Å². The van der Waals surface area contributed by atoms with Crippen LogP contribution in [0.15, 0.2) is 24.8 Å². The molecule has 2 atom stereocenters. The second-order valence-electron chi connectivity index (χ2n) is 7.50. The number of piperidine rings is 1. The summed E-state index contributed by atoms with van der Waals surface area (Å²) in [7, 11) is 2.09. The van der Waals surface area contributed by atoms with Crippen molar-refractivity contribution in [3.8, 4) is 0 Å². The molecular weight excluding hydrogens is 358 g/mol. The van der Waals surface area contributed by atoms with Gasteiger partial charge in [-0.25, -0.2) is 0 Å². The lowest BCUT2D eigenvalue weighted by molar-refractivity contribution is -0.139. The van der Waals surface area contributed by atoms with E-state index in [-0.39, 0.29) is 18.4 Å². The molecule has 2 fully saturated rings. The first-order valence-electron chi connectivity index (χ1n) is 9.56. The summed E-state index contributed by atoms with van der Waals surface area (Å²) in [5.41, 5.74) is 3.24. The van der Waals surface area contributed by atoms with Gasteiger partial charge in [-0.05, 0) is 37.9 Å². The second kappa shape index (κ2) is 8.67. The highest BCUT2D eigenvalue weighted by atomic mass is 16.5. The Labute approximate surface area is 165 Å². The molecule has 1 aromatic carbocycles. The van der Waals surface area contributed by atoms with Crippen molar-refractivity contribution in [2.75, 3.05) is 20.1 Å². The molecule has 3 rings (SSSR count). The lowest BCUT2D eigenvalue weighted by atomic mass is 9.98. The number of nitrogens with zero attached hydrogens (tertiary/aromatic N) is 2. The SMILES string of the molecule is C=C(c1cccc(COC2CCN(C)C2)c1C)N(C=O)C1CCC(=O)NC1=O. The number of rotatable bonds is 7. The van der Waals surface area contributed by atoms with Gasteiger partial charge in [0.2, 0.25) is 18.2 Å². The van der Waals surface area contributed by atoms with Crippen molar-refractivity contribution < 1.29 is 19.1 Å². The van der Waals surface area contributed by atoms with Crippen LogP contribution in [0.4, 0.5) is 0 Å². The standard InChI is InChI=1S/C21H27N3O4/c1-14-16(12-28-17-9-10-23(3)11-17)5-4-6-18(14)15(2)24(13-25)19-7-8-20(26)22-21(19)27/h4-6,13,17,19H,2,7-12H2,1,3H3,(H,22,26,27). The van der Waals surface area contributed by atoms with Crippen molar-refractivity contribution in [1.82, 2.24) is 15.1 Å². The van der Waals surface area contributed by atoms with E-state index in [2.05, 4.69) is 23.8 Å². The number of ether oxygens (including phenoxy) is 1. The number of carbonyl (C=O) groups is 3. The molecule has 2 heterocycles. The number of likely N-dealkylation sites (N-methyl/N-ethyl adjacent to an activating group) is 1. The predicted molar refractivity (Wildman–Crippen MR) is 105 cm³/mol. The summed E-state index contributed by atoms with van der Waals surface area (Å²) in [5, 5.41) is 2.29. The maximum atomic E-state index is 12.2. The number of carbonyl (C=O) groups excluding carboxylic acids is 3. The summed E-state index contributed by atoms with van der Waals surface area (Å²) in [6.45, 7) is 8.49. The number of likely N-dealkylation sites (tertiary alicyclic amines) is 1. The Kier molecular flexibility index (Phi) is 6.26. The molecule has 1 N–H and O–H groups in total. The number of hydrogen-bond acceptors (Lipinski definition) is 5. The summed E-state index contributed by atoms with van der Waals surface area (Å²) in [6.07, 6.45) is 2.36. The van der Waals surface area contributed by atoms with Crippen LogP contribution in [-0.4, -0.2) is 60.3 Å². The molecule has 0 saturated carbocycles. The predicted octanol–water partition coefficient (Wildman–Crippen LogP) is 1.45. The first-order chi connectivity index (χ1) is 13.4. The Morgan fingerprint density at radius 1 is 1.39 bits per heavy atom. The van der Waals surface area contributed by atoms with E-state index in [9.17, 15) is 14.4 Å². The molecule has 0 radical (unpaired) electrons. The average molecular weight is 385 g/mol. The third-order valence-corrected chi connectivity index (χ3v) is 5.55. The van der Waals surface area contributed by atoms with E-state index >= 15 is 0 Å². The number of nitrogens with one attached hydrogen (secondary N) is 1. The van der Waals surface area contributed by atoms with Gasteiger partial charge in [-0.2, -0.15) is 0 Å². The summed E-state index contributed by atoms with van der Waals surface area (Å²) >= 11 is 0. The van der Waals surface area contributed by atoms with Gasteiger partial charge in [0.1, 0.15) is 6.04 Å². The van der Waals surface area contributed by atoms with Crippen LogP contribution < -0.4 is 5.32 Å². The molecule has 3 amide bonds. The quantitative estimate of drug-likeness (QED) is 0.568. The van der Waals surface area contributed by atoms with Crippen molar-refractivity contribution in [1.29, 1.82) is 0 Å². The van der Waals surface area contributed by atoms with E-state index in [0.29, 0.717) is 25.1 Å². The number of amides is 3. The Balaban J connectivity index is 1.74. The topological polar surface area (TPSA) is 79.0 Å². The van der Waals surface area contributed by atoms with E-state index in [1.165, 1.54) is 4.90 Å². The van der Waals surface area contributed by atoms with Crippen molar-refractivity contribution in [2.24, 2.45) is 0 Å². The zero-order valence-corrected chi connectivity index (χ0v) is 16.4. The Hall–Kier alpha value is -2.51. The molecule has 7 heteroatoms. The van der Waals surface area contributed by atoms with Gasteiger partial charge < -0.3 is 14.5 Å². The normalized spacial score (nSPS) is 22.8. The van der Waals surface area contributed by atoms with Gasteiger partial charge in [0.05, 0.1) is 12.7 Å². The van der Waals surface area contributed by atoms with Crippen LogP contribution in [-0.2, 0) is 25.7 Å². The first kappa shape index (κ1) is 20.2. The largest absolute Gasteiger partial charge is 0.372 e. The molecule has 1 aromatic rings. The number of benzene rings is 1. The molecule has 0 bridgehead atoms. The maximum Gasteiger partial charge on any atom is 0.249 e. The zero-order valence-electron chi connectivity index (χ0n) is 16.4. The molecule has 2 aliphatic heterocycles. The summed E-state index contributed by atoms with van der Waals surface area (Å²) < 4.78 is 6.05. The molecule has 150 valence electrons. The van der Waals surface area contributed by atoms with Crippen LogP contribution in [0.5, 0.6) is 0 Å². The van der Waals surface area contributed by atoms with Crippen LogP contribution in [0.1, 0.15) is 36.0 Å². The molecule has 0 aromatic heterocycles. The molecule has 28 heavy (non-hydrogen) atoms. The van der Waals surface area contributed by atoms with Crippen LogP contribution in [0.2, 0.25) is 0 Å². The molecule has 2 unspecified atom stereocenters. The fraction of sp³-hybridized carbons (Fsp3) is 0.476. The minimum atomic E-state index is -0.726. The van der Waals surface area contributed by atoms with Crippen molar-refractivity contribution in [2.45, 2.75) is 44.9 Å². The third-order valence-electron chi connectivity index (χ3n) is 5.55. The molecular formula is C21H27N3O4. The van der Waals surface area contributed by atoms with E-state index in [0.717, 1.165) is 36.2 Å². The average Bonchev–Trinajstić information content (AvgIpc) is 3.08. The van der Waals surface area contributed by atoms with Crippen molar-refractivity contribution in [3.05, 3.63) is 41.5 Å². The summed E-state index contributed by atoms with van der Waals surface area (Å²) in [6, 6.07) is 5.06. The van der Waals surface area contributed by atoms with Gasteiger partial charge in [0.15, 0.2) is 0 Å². The summed E-state index contributed by atoms with van der Waals surface area (Å²) in [5.74, 6) is -0.780. The lowest BCUT2D eigenvalue weighted by Gasteiger charge is -2.32. The van der Waals surface area contributed by atoms with Gasteiger partial charge in [0, 0.05) is 30.8 Å². The minimum absolute atomic E-state index is 0.205. The van der Waals surface area contributed by atoms with Gasteiger partial charge in [-0.1, -0.05) is 24.8 Å². The lowest BCUT2D eigenvalue weighted by Crippen LogP contribution is -2.51. The molecule has 2 saturated heterocycles. The van der Waals surface area contributed by atoms with E-state index in [4.69, 9.17) is 4.74 Å². The number of hydrogen-bond donors (Lipinski definition) is 1. The minimum Gasteiger partial charge on any atom is -0.372 e. The van der Waals surface area contributed by atoms with Gasteiger partial charge in [-0.15, -0.1) is 0 Å². The van der Waals surface area contributed by atoms with Crippen LogP contribution >= 0.6 is 0 Å². The monoisotopic (exact) mass is 385 g/mol. The molecule has 0 aliphatic carbocycles. The van der Waals surface area contributed by atoms with E-state index < -0.39 is 11.9 Å². The molecule has 0 spiro atoms. The van der Waals surface area contributed by atoms with Gasteiger partial charge in [-0.3, -0.25) is 19.7 Å².